The first kappa shape index (κ1) is 25.1. The number of allylic oxidation sites excluding steroid dienone is 1. The Morgan fingerprint density at radius 2 is 1.19 bits per heavy atom. The van der Waals surface area contributed by atoms with E-state index >= 15 is 0 Å². The van der Waals surface area contributed by atoms with E-state index in [9.17, 15) is 44.6 Å². The first-order chi connectivity index (χ1) is 11.7. The zero-order valence-corrected chi connectivity index (χ0v) is 14.1. The summed E-state index contributed by atoms with van der Waals surface area (Å²) in [7, 11) is 0. The molecule has 0 saturated carbocycles. The second-order valence-electron chi connectivity index (χ2n) is 6.20. The molecular formula is C16H23F9O. The zero-order chi connectivity index (χ0) is 20.6. The summed E-state index contributed by atoms with van der Waals surface area (Å²) >= 11 is 0. The van der Waals surface area contributed by atoms with E-state index in [0.29, 0.717) is 12.8 Å². The van der Waals surface area contributed by atoms with Gasteiger partial charge in [-0.25, -0.2) is 0 Å². The van der Waals surface area contributed by atoms with Gasteiger partial charge in [-0.1, -0.05) is 38.2 Å². The molecule has 1 atom stereocenters. The molecule has 10 heteroatoms. The summed E-state index contributed by atoms with van der Waals surface area (Å²) in [4.78, 5) is 0. The van der Waals surface area contributed by atoms with Crippen molar-refractivity contribution in [2.75, 3.05) is 0 Å². The number of hydrogen-bond acceptors (Lipinski definition) is 1. The molecule has 1 unspecified atom stereocenters. The maximum absolute atomic E-state index is 13.3. The molecule has 0 saturated heterocycles. The number of halogens is 9. The predicted octanol–water partition coefficient (Wildman–Crippen LogP) is 6.51. The number of alkyl halides is 9. The lowest BCUT2D eigenvalue weighted by molar-refractivity contribution is -0.398. The van der Waals surface area contributed by atoms with Crippen LogP contribution in [0.4, 0.5) is 39.5 Å². The molecule has 0 fully saturated rings. The fourth-order valence-electron chi connectivity index (χ4n) is 2.31. The third kappa shape index (κ3) is 6.66. The van der Waals surface area contributed by atoms with E-state index in [1.807, 2.05) is 0 Å². The Bertz CT molecular complexity index is 418. The summed E-state index contributed by atoms with van der Waals surface area (Å²) in [5.41, 5.74) is 0. The Morgan fingerprint density at radius 3 is 1.65 bits per heavy atom. The molecule has 0 radical (unpaired) electrons. The van der Waals surface area contributed by atoms with Gasteiger partial charge in [-0.05, 0) is 19.3 Å². The molecule has 1 N–H and O–H groups in total. The Morgan fingerprint density at radius 1 is 0.731 bits per heavy atom. The van der Waals surface area contributed by atoms with Crippen LogP contribution in [0.25, 0.3) is 0 Å². The minimum atomic E-state index is -6.91. The lowest BCUT2D eigenvalue weighted by Crippen LogP contribution is -2.61. The monoisotopic (exact) mass is 402 g/mol. The number of unbranched alkanes of at least 4 members (excludes halogenated alkanes) is 6. The molecule has 0 aromatic heterocycles. The Kier molecular flexibility index (Phi) is 9.49. The van der Waals surface area contributed by atoms with Gasteiger partial charge in [-0.2, -0.15) is 39.5 Å². The molecule has 1 nitrogen and oxygen atoms in total. The van der Waals surface area contributed by atoms with Gasteiger partial charge in [0, 0.05) is 6.42 Å². The Labute approximate surface area is 146 Å². The van der Waals surface area contributed by atoms with Gasteiger partial charge in [0.1, 0.15) is 0 Å². The second kappa shape index (κ2) is 9.85. The quantitative estimate of drug-likeness (QED) is 0.211. The van der Waals surface area contributed by atoms with Gasteiger partial charge in [-0.15, -0.1) is 6.58 Å². The second-order valence-corrected chi connectivity index (χ2v) is 6.20. The first-order valence-electron chi connectivity index (χ1n) is 8.20. The summed E-state index contributed by atoms with van der Waals surface area (Å²) in [6.07, 6.45) is -4.88. The van der Waals surface area contributed by atoms with Crippen molar-refractivity contribution in [3.05, 3.63) is 12.7 Å². The highest BCUT2D eigenvalue weighted by Crippen LogP contribution is 2.54. The molecule has 0 aromatic carbocycles. The van der Waals surface area contributed by atoms with E-state index in [0.717, 1.165) is 25.7 Å². The van der Waals surface area contributed by atoms with Gasteiger partial charge >= 0.3 is 23.9 Å². The fraction of sp³-hybridized carbons (Fsp3) is 0.875. The van der Waals surface area contributed by atoms with Crippen molar-refractivity contribution in [3.8, 4) is 0 Å². The van der Waals surface area contributed by atoms with Crippen LogP contribution in [-0.2, 0) is 0 Å². The fourth-order valence-corrected chi connectivity index (χ4v) is 2.31. The van der Waals surface area contributed by atoms with Crippen LogP contribution in [0.1, 0.15) is 57.8 Å². The molecule has 0 spiro atoms. The van der Waals surface area contributed by atoms with Gasteiger partial charge in [0.2, 0.25) is 0 Å². The summed E-state index contributed by atoms with van der Waals surface area (Å²) < 4.78 is 114. The SMILES string of the molecule is C=CCCCCCCCCC(O)CC(F)(F)C(F)(F)C(F)(F)C(F)(F)F. The van der Waals surface area contributed by atoms with Gasteiger partial charge in [0.25, 0.3) is 0 Å². The van der Waals surface area contributed by atoms with E-state index in [4.69, 9.17) is 0 Å². The molecular weight excluding hydrogens is 379 g/mol. The lowest BCUT2D eigenvalue weighted by Gasteiger charge is -2.34. The molecule has 0 aliphatic carbocycles. The zero-order valence-electron chi connectivity index (χ0n) is 14.1. The lowest BCUT2D eigenvalue weighted by atomic mass is 9.96. The van der Waals surface area contributed by atoms with Crippen LogP contribution in [0.2, 0.25) is 0 Å². The normalized spacial score (nSPS) is 15.2. The summed E-state index contributed by atoms with van der Waals surface area (Å²) in [6.45, 7) is 3.55. The largest absolute Gasteiger partial charge is 0.460 e. The maximum atomic E-state index is 13.3. The smallest absolute Gasteiger partial charge is 0.393 e. The maximum Gasteiger partial charge on any atom is 0.460 e. The van der Waals surface area contributed by atoms with Crippen LogP contribution < -0.4 is 0 Å². The highest BCUT2D eigenvalue weighted by atomic mass is 19.4. The number of aliphatic hydroxyl groups excluding tert-OH is 1. The van der Waals surface area contributed by atoms with Crippen molar-refractivity contribution in [1.82, 2.24) is 0 Å². The van der Waals surface area contributed by atoms with Gasteiger partial charge in [0.05, 0.1) is 6.10 Å². The predicted molar refractivity (Wildman–Crippen MR) is 78.7 cm³/mol. The van der Waals surface area contributed by atoms with E-state index in [-0.39, 0.29) is 6.42 Å². The molecule has 0 heterocycles. The summed E-state index contributed by atoms with van der Waals surface area (Å²) in [6, 6.07) is 0. The molecule has 0 amide bonds. The van der Waals surface area contributed by atoms with Crippen molar-refractivity contribution < 1.29 is 44.6 Å². The molecule has 0 aliphatic heterocycles. The van der Waals surface area contributed by atoms with Gasteiger partial charge in [0.15, 0.2) is 0 Å². The molecule has 0 aromatic rings. The van der Waals surface area contributed by atoms with Crippen molar-refractivity contribution in [3.63, 3.8) is 0 Å². The van der Waals surface area contributed by atoms with Crippen LogP contribution in [0.5, 0.6) is 0 Å². The number of hydrogen-bond donors (Lipinski definition) is 1. The highest BCUT2D eigenvalue weighted by Gasteiger charge is 2.81. The highest BCUT2D eigenvalue weighted by molar-refractivity contribution is 5.00. The van der Waals surface area contributed by atoms with E-state index in [1.54, 1.807) is 6.08 Å². The average Bonchev–Trinajstić information content (AvgIpc) is 2.48. The third-order valence-corrected chi connectivity index (χ3v) is 3.90. The standard InChI is InChI=1S/C16H23F9O/c1-2-3-4-5-6-7-8-9-10-12(26)11-13(17,18)14(19,20)15(21,22)16(23,24)25/h2,12,26H,1,3-11H2. The molecule has 156 valence electrons. The molecule has 0 rings (SSSR count). The summed E-state index contributed by atoms with van der Waals surface area (Å²) in [5, 5.41) is 9.34. The molecule has 0 bridgehead atoms. The minimum Gasteiger partial charge on any atom is -0.393 e. The van der Waals surface area contributed by atoms with Crippen LogP contribution in [-0.4, -0.2) is 35.2 Å². The Balaban J connectivity index is 4.45. The van der Waals surface area contributed by atoms with Gasteiger partial charge in [-0.3, -0.25) is 0 Å². The van der Waals surface area contributed by atoms with Gasteiger partial charge < -0.3 is 5.11 Å². The van der Waals surface area contributed by atoms with Crippen molar-refractivity contribution in [2.24, 2.45) is 0 Å². The number of rotatable bonds is 13. The number of aliphatic hydroxyl groups is 1. The van der Waals surface area contributed by atoms with Crippen LogP contribution in [0.15, 0.2) is 12.7 Å². The minimum absolute atomic E-state index is 0.167. The van der Waals surface area contributed by atoms with E-state index in [2.05, 4.69) is 6.58 Å². The molecule has 0 aliphatic rings. The average molecular weight is 402 g/mol. The first-order valence-corrected chi connectivity index (χ1v) is 8.20. The third-order valence-electron chi connectivity index (χ3n) is 3.90. The van der Waals surface area contributed by atoms with Crippen LogP contribution in [0, 0.1) is 0 Å². The summed E-state index contributed by atoms with van der Waals surface area (Å²) in [5.74, 6) is -19.3. The van der Waals surface area contributed by atoms with Crippen molar-refractivity contribution >= 4 is 0 Å². The van der Waals surface area contributed by atoms with E-state index in [1.165, 1.54) is 0 Å². The van der Waals surface area contributed by atoms with Crippen LogP contribution in [0.3, 0.4) is 0 Å². The van der Waals surface area contributed by atoms with E-state index < -0.39 is 42.9 Å². The topological polar surface area (TPSA) is 20.2 Å². The van der Waals surface area contributed by atoms with Crippen LogP contribution >= 0.6 is 0 Å². The molecule has 26 heavy (non-hydrogen) atoms. The van der Waals surface area contributed by atoms with Crippen molar-refractivity contribution in [1.29, 1.82) is 0 Å². The van der Waals surface area contributed by atoms with Crippen molar-refractivity contribution in [2.45, 2.75) is 87.8 Å². The Hall–Kier alpha value is -0.930.